The molecular formula is C16H16ClN3O2. The molecule has 0 bridgehead atoms. The third-order valence-corrected chi connectivity index (χ3v) is 5.01. The first-order valence-electron chi connectivity index (χ1n) is 7.33. The second-order valence-corrected chi connectivity index (χ2v) is 6.50. The Labute approximate surface area is 133 Å². The average molecular weight is 318 g/mol. The molecule has 1 aromatic carbocycles. The van der Waals surface area contributed by atoms with Crippen LogP contribution in [0.25, 0.3) is 0 Å². The van der Waals surface area contributed by atoms with Crippen LogP contribution in [0.4, 0.5) is 5.69 Å². The van der Waals surface area contributed by atoms with Crippen LogP contribution in [-0.4, -0.2) is 29.8 Å². The normalized spacial score (nSPS) is 18.6. The van der Waals surface area contributed by atoms with E-state index in [1.54, 1.807) is 11.0 Å². The van der Waals surface area contributed by atoms with Crippen molar-refractivity contribution >= 4 is 29.1 Å². The van der Waals surface area contributed by atoms with Crippen LogP contribution < -0.4 is 5.32 Å². The molecule has 0 aromatic heterocycles. The number of likely N-dealkylation sites (tertiary alicyclic amines) is 1. The van der Waals surface area contributed by atoms with Gasteiger partial charge in [-0.1, -0.05) is 18.0 Å². The second-order valence-electron chi connectivity index (χ2n) is 6.09. The molecule has 1 aliphatic heterocycles. The van der Waals surface area contributed by atoms with Crippen molar-refractivity contribution < 1.29 is 9.59 Å². The minimum Gasteiger partial charge on any atom is -0.334 e. The summed E-state index contributed by atoms with van der Waals surface area (Å²) in [4.78, 5) is 26.0. The molecule has 2 fully saturated rings. The summed E-state index contributed by atoms with van der Waals surface area (Å²) < 4.78 is 0. The number of carbonyl (C=O) groups is 2. The highest BCUT2D eigenvalue weighted by Gasteiger charge is 2.45. The van der Waals surface area contributed by atoms with Gasteiger partial charge in [-0.2, -0.15) is 5.26 Å². The lowest BCUT2D eigenvalue weighted by molar-refractivity contribution is -0.142. The van der Waals surface area contributed by atoms with Crippen molar-refractivity contribution in [3.63, 3.8) is 0 Å². The summed E-state index contributed by atoms with van der Waals surface area (Å²) in [7, 11) is 0. The third kappa shape index (κ3) is 2.67. The van der Waals surface area contributed by atoms with Gasteiger partial charge in [-0.15, -0.1) is 0 Å². The number of halogens is 1. The quantitative estimate of drug-likeness (QED) is 0.809. The zero-order valence-electron chi connectivity index (χ0n) is 12.1. The number of nitriles is 1. The van der Waals surface area contributed by atoms with Gasteiger partial charge in [0.05, 0.1) is 22.3 Å². The van der Waals surface area contributed by atoms with Crippen LogP contribution in [0.1, 0.15) is 31.2 Å². The van der Waals surface area contributed by atoms with Crippen LogP contribution in [0.5, 0.6) is 0 Å². The lowest BCUT2D eigenvalue weighted by Gasteiger charge is -2.37. The SMILES string of the molecule is N#Cc1ccc(Cl)c(NC(=O)C(=O)N2CCC3(CCC3)C2)c1. The van der Waals surface area contributed by atoms with Crippen molar-refractivity contribution in [2.24, 2.45) is 5.41 Å². The highest BCUT2D eigenvalue weighted by Crippen LogP contribution is 2.47. The fraction of sp³-hybridized carbons (Fsp3) is 0.438. The average Bonchev–Trinajstić information content (AvgIpc) is 2.94. The zero-order valence-corrected chi connectivity index (χ0v) is 12.8. The minimum absolute atomic E-state index is 0.258. The first kappa shape index (κ1) is 14.9. The summed E-state index contributed by atoms with van der Waals surface area (Å²) in [6.07, 6.45) is 4.49. The Hall–Kier alpha value is -2.06. The summed E-state index contributed by atoms with van der Waals surface area (Å²) in [5, 5.41) is 11.7. The van der Waals surface area contributed by atoms with E-state index in [1.807, 2.05) is 6.07 Å². The summed E-state index contributed by atoms with van der Waals surface area (Å²) in [5.74, 6) is -1.23. The van der Waals surface area contributed by atoms with Gasteiger partial charge in [0.1, 0.15) is 0 Å². The molecule has 2 amide bonds. The smallest absolute Gasteiger partial charge is 0.313 e. The van der Waals surface area contributed by atoms with Gasteiger partial charge in [0.15, 0.2) is 0 Å². The van der Waals surface area contributed by atoms with E-state index in [1.165, 1.54) is 18.6 Å². The Morgan fingerprint density at radius 2 is 2.09 bits per heavy atom. The van der Waals surface area contributed by atoms with Gasteiger partial charge in [-0.25, -0.2) is 0 Å². The standard InChI is InChI=1S/C16H16ClN3O2/c17-12-3-2-11(9-18)8-13(12)19-14(21)15(22)20-7-6-16(10-20)4-1-5-16/h2-3,8H,1,4-7,10H2,(H,19,21). The highest BCUT2D eigenvalue weighted by atomic mass is 35.5. The van der Waals surface area contributed by atoms with Gasteiger partial charge in [0, 0.05) is 13.1 Å². The predicted octanol–water partition coefficient (Wildman–Crippen LogP) is 2.55. The number of rotatable bonds is 1. The van der Waals surface area contributed by atoms with Crippen molar-refractivity contribution in [1.82, 2.24) is 4.90 Å². The lowest BCUT2D eigenvalue weighted by Crippen LogP contribution is -2.41. The van der Waals surface area contributed by atoms with Crippen LogP contribution >= 0.6 is 11.6 Å². The minimum atomic E-state index is -0.701. The fourth-order valence-electron chi connectivity index (χ4n) is 3.20. The maximum Gasteiger partial charge on any atom is 0.313 e. The van der Waals surface area contributed by atoms with Crippen molar-refractivity contribution in [2.45, 2.75) is 25.7 Å². The molecule has 0 radical (unpaired) electrons. The molecule has 1 aromatic rings. The first-order chi connectivity index (χ1) is 10.5. The van der Waals surface area contributed by atoms with Crippen LogP contribution in [0.15, 0.2) is 18.2 Å². The molecule has 0 unspecified atom stereocenters. The molecule has 22 heavy (non-hydrogen) atoms. The van der Waals surface area contributed by atoms with E-state index < -0.39 is 11.8 Å². The lowest BCUT2D eigenvalue weighted by atomic mass is 9.68. The van der Waals surface area contributed by atoms with Crippen LogP contribution in [0, 0.1) is 16.7 Å². The number of nitrogens with one attached hydrogen (secondary N) is 1. The molecule has 5 nitrogen and oxygen atoms in total. The Morgan fingerprint density at radius 3 is 2.68 bits per heavy atom. The van der Waals surface area contributed by atoms with Gasteiger partial charge in [0.2, 0.25) is 0 Å². The molecular weight excluding hydrogens is 302 g/mol. The number of amides is 2. The molecule has 6 heteroatoms. The van der Waals surface area contributed by atoms with E-state index in [2.05, 4.69) is 5.32 Å². The molecule has 114 valence electrons. The Bertz CT molecular complexity index is 676. The molecule has 1 spiro atoms. The Kier molecular flexibility index (Phi) is 3.79. The van der Waals surface area contributed by atoms with E-state index in [0.29, 0.717) is 23.7 Å². The Morgan fingerprint density at radius 1 is 1.32 bits per heavy atom. The van der Waals surface area contributed by atoms with Crippen LogP contribution in [-0.2, 0) is 9.59 Å². The number of hydrogen-bond donors (Lipinski definition) is 1. The largest absolute Gasteiger partial charge is 0.334 e. The summed E-state index contributed by atoms with van der Waals surface area (Å²) in [6.45, 7) is 1.31. The molecule has 1 aliphatic carbocycles. The van der Waals surface area contributed by atoms with Gasteiger partial charge in [-0.3, -0.25) is 9.59 Å². The van der Waals surface area contributed by atoms with E-state index in [-0.39, 0.29) is 11.1 Å². The third-order valence-electron chi connectivity index (χ3n) is 4.68. The number of anilines is 1. The van der Waals surface area contributed by atoms with E-state index in [0.717, 1.165) is 19.3 Å². The highest BCUT2D eigenvalue weighted by molar-refractivity contribution is 6.41. The Balaban J connectivity index is 1.67. The van der Waals surface area contributed by atoms with Gasteiger partial charge < -0.3 is 10.2 Å². The van der Waals surface area contributed by atoms with Gasteiger partial charge in [0.25, 0.3) is 0 Å². The molecule has 1 heterocycles. The molecule has 3 rings (SSSR count). The maximum absolute atomic E-state index is 12.2. The molecule has 2 aliphatic rings. The van der Waals surface area contributed by atoms with Crippen molar-refractivity contribution in [2.75, 3.05) is 18.4 Å². The first-order valence-corrected chi connectivity index (χ1v) is 7.71. The summed E-state index contributed by atoms with van der Waals surface area (Å²) in [6, 6.07) is 6.52. The second kappa shape index (κ2) is 5.62. The van der Waals surface area contributed by atoms with E-state index in [4.69, 9.17) is 16.9 Å². The van der Waals surface area contributed by atoms with E-state index >= 15 is 0 Å². The molecule has 0 atom stereocenters. The summed E-state index contributed by atoms with van der Waals surface area (Å²) in [5.41, 5.74) is 0.923. The van der Waals surface area contributed by atoms with Gasteiger partial charge >= 0.3 is 11.8 Å². The monoisotopic (exact) mass is 317 g/mol. The van der Waals surface area contributed by atoms with Crippen LogP contribution in [0.3, 0.4) is 0 Å². The molecule has 1 saturated carbocycles. The van der Waals surface area contributed by atoms with Gasteiger partial charge in [-0.05, 0) is 42.9 Å². The van der Waals surface area contributed by atoms with Crippen molar-refractivity contribution in [1.29, 1.82) is 5.26 Å². The number of benzene rings is 1. The number of hydrogen-bond acceptors (Lipinski definition) is 3. The number of carbonyl (C=O) groups excluding carboxylic acids is 2. The molecule has 1 N–H and O–H groups in total. The van der Waals surface area contributed by atoms with E-state index in [9.17, 15) is 9.59 Å². The number of nitrogens with zero attached hydrogens (tertiary/aromatic N) is 2. The van der Waals surface area contributed by atoms with Crippen LogP contribution in [0.2, 0.25) is 5.02 Å². The maximum atomic E-state index is 12.2. The fourth-order valence-corrected chi connectivity index (χ4v) is 3.37. The molecule has 1 saturated heterocycles. The van der Waals surface area contributed by atoms with Crippen molar-refractivity contribution in [3.05, 3.63) is 28.8 Å². The predicted molar refractivity (Wildman–Crippen MR) is 82.3 cm³/mol. The topological polar surface area (TPSA) is 73.2 Å². The zero-order chi connectivity index (χ0) is 15.7. The van der Waals surface area contributed by atoms with Crippen molar-refractivity contribution in [3.8, 4) is 6.07 Å². The summed E-state index contributed by atoms with van der Waals surface area (Å²) >= 11 is 5.99.